The molecular weight excluding hydrogens is 216 g/mol. The molecule has 5 heteroatoms. The summed E-state index contributed by atoms with van der Waals surface area (Å²) >= 11 is 0. The van der Waals surface area contributed by atoms with Gasteiger partial charge in [0, 0.05) is 0 Å². The Labute approximate surface area is 88.5 Å². The fourth-order valence-electron chi connectivity index (χ4n) is 1.18. The number of carboxylic acids is 1. The summed E-state index contributed by atoms with van der Waals surface area (Å²) in [7, 11) is -3.68. The van der Waals surface area contributed by atoms with E-state index in [-0.39, 0.29) is 4.90 Å². The first kappa shape index (κ1) is 11.7. The van der Waals surface area contributed by atoms with E-state index in [0.717, 1.165) is 12.0 Å². The predicted octanol–water partition coefficient (Wildman–Crippen LogP) is 1.11. The molecule has 0 spiro atoms. The predicted molar refractivity (Wildman–Crippen MR) is 55.5 cm³/mol. The lowest BCUT2D eigenvalue weighted by atomic mass is 10.2. The second-order valence-corrected chi connectivity index (χ2v) is 5.14. The van der Waals surface area contributed by atoms with E-state index in [4.69, 9.17) is 5.11 Å². The molecule has 0 heterocycles. The van der Waals surface area contributed by atoms with Gasteiger partial charge in [-0.15, -0.1) is 0 Å². The number of aryl methyl sites for hydroxylation is 1. The van der Waals surface area contributed by atoms with Gasteiger partial charge in [0.05, 0.1) is 4.90 Å². The molecule has 0 unspecified atom stereocenters. The Bertz CT molecular complexity index is 445. The number of carboxylic acid groups (broad SMARTS) is 1. The molecule has 0 atom stereocenters. The van der Waals surface area contributed by atoms with Gasteiger partial charge in [-0.3, -0.25) is 4.79 Å². The van der Waals surface area contributed by atoms with Crippen molar-refractivity contribution in [3.63, 3.8) is 0 Å². The number of hydrogen-bond acceptors (Lipinski definition) is 3. The second-order valence-electron chi connectivity index (χ2n) is 3.15. The van der Waals surface area contributed by atoms with Gasteiger partial charge >= 0.3 is 5.97 Å². The molecule has 0 radical (unpaired) electrons. The van der Waals surface area contributed by atoms with Crippen molar-refractivity contribution < 1.29 is 18.3 Å². The van der Waals surface area contributed by atoms with Crippen LogP contribution in [0.3, 0.4) is 0 Å². The molecule has 1 rings (SSSR count). The third-order valence-electron chi connectivity index (χ3n) is 2.00. The number of aliphatic carboxylic acids is 1. The first-order chi connectivity index (χ1) is 6.95. The standard InChI is InChI=1S/C10H12O4S/c1-2-8-3-5-9(6-4-8)15(13,14)7-10(11)12/h3-6H,2,7H2,1H3,(H,11,12). The van der Waals surface area contributed by atoms with Crippen LogP contribution in [0.5, 0.6) is 0 Å². The maximum Gasteiger partial charge on any atom is 0.319 e. The molecule has 4 nitrogen and oxygen atoms in total. The van der Waals surface area contributed by atoms with E-state index in [1.165, 1.54) is 12.1 Å². The summed E-state index contributed by atoms with van der Waals surface area (Å²) in [5.74, 6) is -2.20. The average Bonchev–Trinajstić information content (AvgIpc) is 2.16. The van der Waals surface area contributed by atoms with E-state index in [0.29, 0.717) is 0 Å². The molecule has 0 saturated carbocycles. The van der Waals surface area contributed by atoms with Crippen LogP contribution in [0, 0.1) is 0 Å². The van der Waals surface area contributed by atoms with E-state index < -0.39 is 21.6 Å². The van der Waals surface area contributed by atoms with Crippen molar-refractivity contribution in [1.82, 2.24) is 0 Å². The minimum Gasteiger partial charge on any atom is -0.480 e. The van der Waals surface area contributed by atoms with Crippen molar-refractivity contribution in [2.45, 2.75) is 18.2 Å². The Hall–Kier alpha value is -1.36. The van der Waals surface area contributed by atoms with Crippen molar-refractivity contribution in [2.24, 2.45) is 0 Å². The van der Waals surface area contributed by atoms with Crippen molar-refractivity contribution in [3.05, 3.63) is 29.8 Å². The lowest BCUT2D eigenvalue weighted by Gasteiger charge is -2.02. The zero-order chi connectivity index (χ0) is 11.5. The first-order valence-corrected chi connectivity index (χ1v) is 6.14. The summed E-state index contributed by atoms with van der Waals surface area (Å²) < 4.78 is 22.9. The first-order valence-electron chi connectivity index (χ1n) is 4.49. The molecule has 1 aromatic carbocycles. The maximum absolute atomic E-state index is 11.5. The van der Waals surface area contributed by atoms with Crippen LogP contribution in [-0.4, -0.2) is 25.2 Å². The van der Waals surface area contributed by atoms with E-state index in [9.17, 15) is 13.2 Å². The highest BCUT2D eigenvalue weighted by atomic mass is 32.2. The summed E-state index contributed by atoms with van der Waals surface area (Å²) in [5, 5.41) is 8.43. The lowest BCUT2D eigenvalue weighted by molar-refractivity contribution is -0.134. The molecule has 0 fully saturated rings. The van der Waals surface area contributed by atoms with Crippen LogP contribution in [-0.2, 0) is 21.1 Å². The minimum absolute atomic E-state index is 0.0575. The summed E-state index contributed by atoms with van der Waals surface area (Å²) in [6.45, 7) is 1.96. The van der Waals surface area contributed by atoms with Crippen LogP contribution in [0.1, 0.15) is 12.5 Å². The summed E-state index contributed by atoms with van der Waals surface area (Å²) in [6.07, 6.45) is 0.819. The Morgan fingerprint density at radius 3 is 2.20 bits per heavy atom. The molecule has 0 aliphatic rings. The van der Waals surface area contributed by atoms with Crippen LogP contribution >= 0.6 is 0 Å². The summed E-state index contributed by atoms with van der Waals surface area (Å²) in [4.78, 5) is 10.4. The van der Waals surface area contributed by atoms with Crippen LogP contribution in [0.25, 0.3) is 0 Å². The van der Waals surface area contributed by atoms with Gasteiger partial charge in [-0.25, -0.2) is 8.42 Å². The van der Waals surface area contributed by atoms with Gasteiger partial charge in [-0.1, -0.05) is 19.1 Å². The van der Waals surface area contributed by atoms with E-state index in [1.807, 2.05) is 6.92 Å². The Morgan fingerprint density at radius 1 is 1.27 bits per heavy atom. The number of benzene rings is 1. The third-order valence-corrected chi connectivity index (χ3v) is 3.62. The number of sulfone groups is 1. The number of hydrogen-bond donors (Lipinski definition) is 1. The van der Waals surface area contributed by atoms with Crippen molar-refractivity contribution >= 4 is 15.8 Å². The van der Waals surface area contributed by atoms with Gasteiger partial charge in [0.15, 0.2) is 15.6 Å². The lowest BCUT2D eigenvalue weighted by Crippen LogP contribution is -2.15. The van der Waals surface area contributed by atoms with Gasteiger partial charge in [-0.2, -0.15) is 0 Å². The minimum atomic E-state index is -3.68. The molecule has 1 N–H and O–H groups in total. The molecule has 0 aromatic heterocycles. The van der Waals surface area contributed by atoms with E-state index in [2.05, 4.69) is 0 Å². The highest BCUT2D eigenvalue weighted by molar-refractivity contribution is 7.92. The fourth-order valence-corrected chi connectivity index (χ4v) is 2.22. The zero-order valence-corrected chi connectivity index (χ0v) is 9.12. The molecular formula is C10H12O4S. The van der Waals surface area contributed by atoms with E-state index >= 15 is 0 Å². The maximum atomic E-state index is 11.5. The molecule has 15 heavy (non-hydrogen) atoms. The highest BCUT2D eigenvalue weighted by Crippen LogP contribution is 2.12. The van der Waals surface area contributed by atoms with Crippen LogP contribution < -0.4 is 0 Å². The molecule has 0 amide bonds. The average molecular weight is 228 g/mol. The fraction of sp³-hybridized carbons (Fsp3) is 0.300. The smallest absolute Gasteiger partial charge is 0.319 e. The van der Waals surface area contributed by atoms with Gasteiger partial charge in [0.25, 0.3) is 0 Å². The summed E-state index contributed by atoms with van der Waals surface area (Å²) in [5.41, 5.74) is 1.02. The molecule has 0 aliphatic heterocycles. The summed E-state index contributed by atoms with van der Waals surface area (Å²) in [6, 6.07) is 6.26. The van der Waals surface area contributed by atoms with Crippen LogP contribution in [0.4, 0.5) is 0 Å². The monoisotopic (exact) mass is 228 g/mol. The quantitative estimate of drug-likeness (QED) is 0.837. The van der Waals surface area contributed by atoms with Crippen molar-refractivity contribution in [1.29, 1.82) is 0 Å². The number of rotatable bonds is 4. The topological polar surface area (TPSA) is 71.4 Å². The number of carbonyl (C=O) groups is 1. The Morgan fingerprint density at radius 2 is 1.80 bits per heavy atom. The molecule has 1 aromatic rings. The van der Waals surface area contributed by atoms with Gasteiger partial charge in [0.1, 0.15) is 0 Å². The van der Waals surface area contributed by atoms with E-state index in [1.54, 1.807) is 12.1 Å². The van der Waals surface area contributed by atoms with Crippen molar-refractivity contribution in [2.75, 3.05) is 5.75 Å². The van der Waals surface area contributed by atoms with Crippen LogP contribution in [0.2, 0.25) is 0 Å². The van der Waals surface area contributed by atoms with Crippen molar-refractivity contribution in [3.8, 4) is 0 Å². The SMILES string of the molecule is CCc1ccc(S(=O)(=O)CC(=O)O)cc1. The van der Waals surface area contributed by atoms with Crippen LogP contribution in [0.15, 0.2) is 29.2 Å². The Balaban J connectivity index is 3.01. The second kappa shape index (κ2) is 4.44. The zero-order valence-electron chi connectivity index (χ0n) is 8.30. The Kier molecular flexibility index (Phi) is 3.47. The molecule has 82 valence electrons. The third kappa shape index (κ3) is 3.06. The molecule has 0 aliphatic carbocycles. The normalized spacial score (nSPS) is 11.3. The molecule has 0 saturated heterocycles. The van der Waals surface area contributed by atoms with Gasteiger partial charge < -0.3 is 5.11 Å². The highest BCUT2D eigenvalue weighted by Gasteiger charge is 2.18. The largest absolute Gasteiger partial charge is 0.480 e. The van der Waals surface area contributed by atoms with Gasteiger partial charge in [0.2, 0.25) is 0 Å². The molecule has 0 bridgehead atoms. The van der Waals surface area contributed by atoms with Gasteiger partial charge in [-0.05, 0) is 24.1 Å².